The number of hydrogen-bond acceptors (Lipinski definition) is 5. The number of pyridine rings is 1. The molecule has 0 amide bonds. The summed E-state index contributed by atoms with van der Waals surface area (Å²) in [7, 11) is 0. The van der Waals surface area contributed by atoms with Crippen molar-refractivity contribution in [3.63, 3.8) is 0 Å². The van der Waals surface area contributed by atoms with Gasteiger partial charge in [0.2, 0.25) is 5.69 Å². The average molecular weight is 227 g/mol. The van der Waals surface area contributed by atoms with Crippen LogP contribution in [-0.2, 0) is 0 Å². The number of carbonyl (C=O) groups excluding carboxylic acids is 1. The maximum absolute atomic E-state index is 12.5. The second-order valence-corrected chi connectivity index (χ2v) is 2.62. The maximum Gasteiger partial charge on any atom is 0.364 e. The summed E-state index contributed by atoms with van der Waals surface area (Å²) >= 11 is 0. The minimum absolute atomic E-state index is 0.0252. The van der Waals surface area contributed by atoms with Crippen molar-refractivity contribution in [3.05, 3.63) is 33.0 Å². The third kappa shape index (κ3) is 1.98. The van der Waals surface area contributed by atoms with Crippen LogP contribution in [0.15, 0.2) is 6.07 Å². The lowest BCUT2D eigenvalue weighted by molar-refractivity contribution is -0.389. The number of hydrogen-bond donors (Lipinski definition) is 0. The third-order valence-electron chi connectivity index (χ3n) is 1.71. The molecule has 1 aromatic rings. The number of aromatic nitrogens is 1. The Labute approximate surface area is 87.3 Å². The van der Waals surface area contributed by atoms with Crippen molar-refractivity contribution in [2.24, 2.45) is 0 Å². The van der Waals surface area contributed by atoms with E-state index in [2.05, 4.69) is 4.98 Å². The highest BCUT2D eigenvalue weighted by molar-refractivity contribution is 5.77. The molecule has 16 heavy (non-hydrogen) atoms. The Morgan fingerprint density at radius 3 is 2.62 bits per heavy atom. The number of nitro groups is 1. The van der Waals surface area contributed by atoms with Gasteiger partial charge in [0.15, 0.2) is 6.29 Å². The molecule has 0 saturated heterocycles. The number of rotatable bonds is 3. The van der Waals surface area contributed by atoms with Gasteiger partial charge in [-0.3, -0.25) is 4.79 Å². The van der Waals surface area contributed by atoms with Crippen molar-refractivity contribution in [2.75, 3.05) is 0 Å². The molecule has 1 rings (SSSR count). The lowest BCUT2D eigenvalue weighted by atomic mass is 10.1. The number of nitrogens with zero attached hydrogens (tertiary/aromatic N) is 3. The lowest BCUT2D eigenvalue weighted by Crippen LogP contribution is -2.03. The second kappa shape index (κ2) is 4.39. The van der Waals surface area contributed by atoms with Crippen molar-refractivity contribution in [1.29, 1.82) is 5.26 Å². The maximum atomic E-state index is 12.5. The molecular weight excluding hydrogens is 224 g/mol. The van der Waals surface area contributed by atoms with Gasteiger partial charge >= 0.3 is 5.82 Å². The topological polar surface area (TPSA) is 96.9 Å². The van der Waals surface area contributed by atoms with Gasteiger partial charge in [0.25, 0.3) is 6.43 Å². The Kier molecular flexibility index (Phi) is 3.20. The molecule has 0 fully saturated rings. The summed E-state index contributed by atoms with van der Waals surface area (Å²) in [6.45, 7) is 0. The van der Waals surface area contributed by atoms with Crippen LogP contribution >= 0.6 is 0 Å². The van der Waals surface area contributed by atoms with Gasteiger partial charge in [-0.05, 0) is 9.91 Å². The Hall–Kier alpha value is -2.43. The largest absolute Gasteiger partial charge is 0.364 e. The van der Waals surface area contributed by atoms with Gasteiger partial charge in [0, 0.05) is 11.6 Å². The van der Waals surface area contributed by atoms with Crippen LogP contribution in [0.5, 0.6) is 0 Å². The van der Waals surface area contributed by atoms with Gasteiger partial charge < -0.3 is 10.1 Å². The molecule has 0 radical (unpaired) electrons. The zero-order valence-corrected chi connectivity index (χ0v) is 7.55. The SMILES string of the molecule is N#Cc1c(C(F)F)cc([N+](=O)[O-])nc1C=O. The van der Waals surface area contributed by atoms with E-state index in [0.717, 1.165) is 0 Å². The molecule has 8 heteroatoms. The zero-order chi connectivity index (χ0) is 12.3. The Bertz CT molecular complexity index is 496. The van der Waals surface area contributed by atoms with Gasteiger partial charge in [-0.25, -0.2) is 8.78 Å². The first-order chi connectivity index (χ1) is 7.51. The minimum atomic E-state index is -3.09. The average Bonchev–Trinajstić information content (AvgIpc) is 2.26. The van der Waals surface area contributed by atoms with Crippen molar-refractivity contribution in [2.45, 2.75) is 6.43 Å². The van der Waals surface area contributed by atoms with Crippen LogP contribution in [0, 0.1) is 21.4 Å². The summed E-state index contributed by atoms with van der Waals surface area (Å²) in [6, 6.07) is 1.85. The first-order valence-electron chi connectivity index (χ1n) is 3.84. The molecule has 0 bridgehead atoms. The molecule has 0 aromatic carbocycles. The highest BCUT2D eigenvalue weighted by Gasteiger charge is 2.25. The number of carbonyl (C=O) groups is 1. The van der Waals surface area contributed by atoms with Gasteiger partial charge in [-0.15, -0.1) is 0 Å². The standard InChI is InChI=1S/C8H3F2N3O3/c9-8(10)4-1-7(13(15)16)12-6(3-14)5(4)2-11/h1,3,8H. The van der Waals surface area contributed by atoms with Gasteiger partial charge in [-0.1, -0.05) is 0 Å². The molecule has 0 aliphatic rings. The summed E-state index contributed by atoms with van der Waals surface area (Å²) in [5, 5.41) is 18.9. The van der Waals surface area contributed by atoms with Crippen LogP contribution in [0.1, 0.15) is 28.0 Å². The molecule has 0 N–H and O–H groups in total. The van der Waals surface area contributed by atoms with E-state index >= 15 is 0 Å². The first-order valence-corrected chi connectivity index (χ1v) is 3.84. The second-order valence-electron chi connectivity index (χ2n) is 2.62. The zero-order valence-electron chi connectivity index (χ0n) is 7.55. The fourth-order valence-corrected chi connectivity index (χ4v) is 1.04. The van der Waals surface area contributed by atoms with Gasteiger partial charge in [0.1, 0.15) is 11.6 Å². The van der Waals surface area contributed by atoms with E-state index in [1.54, 1.807) is 0 Å². The van der Waals surface area contributed by atoms with Crippen LogP contribution in [0.4, 0.5) is 14.6 Å². The molecule has 0 saturated carbocycles. The Morgan fingerprint density at radius 1 is 1.62 bits per heavy atom. The summed E-state index contributed by atoms with van der Waals surface area (Å²) in [5.41, 5.74) is -2.17. The van der Waals surface area contributed by atoms with Crippen LogP contribution in [0.2, 0.25) is 0 Å². The lowest BCUT2D eigenvalue weighted by Gasteiger charge is -2.02. The quantitative estimate of drug-likeness (QED) is 0.443. The number of aldehydes is 1. The molecule has 1 aromatic heterocycles. The fourth-order valence-electron chi connectivity index (χ4n) is 1.04. The Balaban J connectivity index is 3.57. The Morgan fingerprint density at radius 2 is 2.25 bits per heavy atom. The van der Waals surface area contributed by atoms with Gasteiger partial charge in [0.05, 0.1) is 0 Å². The summed E-state index contributed by atoms with van der Waals surface area (Å²) in [6.07, 6.45) is -3.06. The molecule has 1 heterocycles. The van der Waals surface area contributed by atoms with Crippen molar-refractivity contribution >= 4 is 12.1 Å². The van der Waals surface area contributed by atoms with Crippen molar-refractivity contribution in [3.8, 4) is 6.07 Å². The monoisotopic (exact) mass is 227 g/mol. The predicted octanol–water partition coefficient (Wildman–Crippen LogP) is 1.61. The van der Waals surface area contributed by atoms with E-state index in [-0.39, 0.29) is 6.29 Å². The van der Waals surface area contributed by atoms with E-state index < -0.39 is 34.0 Å². The highest BCUT2D eigenvalue weighted by atomic mass is 19.3. The molecule has 6 nitrogen and oxygen atoms in total. The molecule has 0 spiro atoms. The highest BCUT2D eigenvalue weighted by Crippen LogP contribution is 2.26. The summed E-state index contributed by atoms with van der Waals surface area (Å²) in [4.78, 5) is 23.0. The van der Waals surface area contributed by atoms with Gasteiger partial charge in [-0.2, -0.15) is 5.26 Å². The van der Waals surface area contributed by atoms with Crippen molar-refractivity contribution in [1.82, 2.24) is 4.98 Å². The van der Waals surface area contributed by atoms with Crippen LogP contribution < -0.4 is 0 Å². The van der Waals surface area contributed by atoms with E-state index in [4.69, 9.17) is 5.26 Å². The number of alkyl halides is 2. The van der Waals surface area contributed by atoms with Crippen LogP contribution in [0.3, 0.4) is 0 Å². The van der Waals surface area contributed by atoms with E-state index in [9.17, 15) is 23.7 Å². The van der Waals surface area contributed by atoms with Crippen LogP contribution in [0.25, 0.3) is 0 Å². The smallest absolute Gasteiger partial charge is 0.358 e. The molecular formula is C8H3F2N3O3. The summed E-state index contributed by atoms with van der Waals surface area (Å²) in [5.74, 6) is -0.892. The number of nitriles is 1. The van der Waals surface area contributed by atoms with E-state index in [1.165, 1.54) is 6.07 Å². The van der Waals surface area contributed by atoms with E-state index in [0.29, 0.717) is 6.07 Å². The third-order valence-corrected chi connectivity index (χ3v) is 1.71. The molecule has 0 atom stereocenters. The van der Waals surface area contributed by atoms with E-state index in [1.807, 2.05) is 0 Å². The van der Waals surface area contributed by atoms with Crippen molar-refractivity contribution < 1.29 is 18.5 Å². The predicted molar refractivity (Wildman–Crippen MR) is 46.0 cm³/mol. The first kappa shape index (κ1) is 11.6. The normalized spacial score (nSPS) is 9.88. The molecule has 0 unspecified atom stereocenters. The minimum Gasteiger partial charge on any atom is -0.358 e. The summed E-state index contributed by atoms with van der Waals surface area (Å²) < 4.78 is 24.9. The molecule has 0 aliphatic carbocycles. The molecule has 82 valence electrons. The molecule has 0 aliphatic heterocycles. The fraction of sp³-hybridized carbons (Fsp3) is 0.125. The number of halogens is 2. The van der Waals surface area contributed by atoms with Crippen LogP contribution in [-0.4, -0.2) is 16.2 Å².